The highest BCUT2D eigenvalue weighted by Crippen LogP contribution is 2.25. The average Bonchev–Trinajstić information content (AvgIpc) is 3.28. The van der Waals surface area contributed by atoms with E-state index in [9.17, 15) is 0 Å². The van der Waals surface area contributed by atoms with Crippen LogP contribution in [0.5, 0.6) is 0 Å². The van der Waals surface area contributed by atoms with Crippen molar-refractivity contribution in [1.29, 1.82) is 0 Å². The summed E-state index contributed by atoms with van der Waals surface area (Å²) in [5, 5.41) is 6.29. The summed E-state index contributed by atoms with van der Waals surface area (Å²) >= 11 is 1.68. The van der Waals surface area contributed by atoms with Crippen LogP contribution in [0, 0.1) is 0 Å². The zero-order valence-electron chi connectivity index (χ0n) is 12.9. The molecule has 3 heterocycles. The van der Waals surface area contributed by atoms with Gasteiger partial charge in [-0.25, -0.2) is 0 Å². The van der Waals surface area contributed by atoms with Gasteiger partial charge in [-0.1, -0.05) is 41.6 Å². The van der Waals surface area contributed by atoms with E-state index in [0.29, 0.717) is 0 Å². The predicted molar refractivity (Wildman–Crippen MR) is 93.3 cm³/mol. The van der Waals surface area contributed by atoms with E-state index in [1.54, 1.807) is 11.3 Å². The minimum atomic E-state index is 0.881. The molecule has 0 radical (unpaired) electrons. The van der Waals surface area contributed by atoms with Gasteiger partial charge in [0, 0.05) is 12.5 Å². The van der Waals surface area contributed by atoms with Crippen molar-refractivity contribution < 1.29 is 9.42 Å². The number of rotatable bonds is 4. The van der Waals surface area contributed by atoms with Gasteiger partial charge in [0.2, 0.25) is 0 Å². The molecule has 23 heavy (non-hydrogen) atoms. The molecule has 0 fully saturated rings. The Balaban J connectivity index is 1.41. The number of hydrogen-bond donors (Lipinski definition) is 1. The van der Waals surface area contributed by atoms with Crippen LogP contribution >= 0.6 is 11.3 Å². The van der Waals surface area contributed by atoms with Gasteiger partial charge in [0.1, 0.15) is 12.2 Å². The standard InChI is InChI=1S/C19H18N2OS/c1-2-5-15(6-3-1)16-8-10-21(11-9-16)14-17-13-18(22-20-17)19-7-4-12-23-19/h1-8,12-13H,9-11,14H2/p+1. The van der Waals surface area contributed by atoms with Crippen molar-refractivity contribution in [3.05, 3.63) is 71.2 Å². The van der Waals surface area contributed by atoms with Crippen molar-refractivity contribution in [2.24, 2.45) is 0 Å². The lowest BCUT2D eigenvalue weighted by Crippen LogP contribution is -3.11. The summed E-state index contributed by atoms with van der Waals surface area (Å²) in [6.07, 6.45) is 3.49. The maximum Gasteiger partial charge on any atom is 0.177 e. The Morgan fingerprint density at radius 1 is 1.13 bits per heavy atom. The first-order valence-corrected chi connectivity index (χ1v) is 8.84. The fraction of sp³-hybridized carbons (Fsp3) is 0.211. The zero-order chi connectivity index (χ0) is 15.5. The van der Waals surface area contributed by atoms with Gasteiger partial charge in [0.05, 0.1) is 18.0 Å². The number of quaternary nitrogens is 1. The minimum Gasteiger partial charge on any atom is -0.355 e. The Kier molecular flexibility index (Phi) is 4.09. The zero-order valence-corrected chi connectivity index (χ0v) is 13.7. The second-order valence-corrected chi connectivity index (χ2v) is 6.83. The fourth-order valence-corrected chi connectivity index (χ4v) is 3.72. The topological polar surface area (TPSA) is 30.5 Å². The first kappa shape index (κ1) is 14.4. The van der Waals surface area contributed by atoms with E-state index in [1.165, 1.54) is 16.0 Å². The first-order valence-electron chi connectivity index (χ1n) is 7.96. The second-order valence-electron chi connectivity index (χ2n) is 5.89. The van der Waals surface area contributed by atoms with Gasteiger partial charge in [-0.3, -0.25) is 0 Å². The van der Waals surface area contributed by atoms with E-state index in [0.717, 1.165) is 42.4 Å². The molecule has 0 saturated carbocycles. The molecule has 4 rings (SSSR count). The van der Waals surface area contributed by atoms with Gasteiger partial charge in [-0.15, -0.1) is 11.3 Å². The summed E-state index contributed by atoms with van der Waals surface area (Å²) in [5.74, 6) is 0.881. The van der Waals surface area contributed by atoms with Gasteiger partial charge in [0.15, 0.2) is 5.76 Å². The maximum atomic E-state index is 5.47. The molecule has 1 atom stereocenters. The summed E-state index contributed by atoms with van der Waals surface area (Å²) < 4.78 is 5.47. The van der Waals surface area contributed by atoms with E-state index in [2.05, 4.69) is 59.1 Å². The summed E-state index contributed by atoms with van der Waals surface area (Å²) in [4.78, 5) is 2.68. The molecule has 0 aliphatic carbocycles. The third-order valence-corrected chi connectivity index (χ3v) is 5.17. The van der Waals surface area contributed by atoms with Crippen LogP contribution in [0.1, 0.15) is 17.7 Å². The number of thiophene rings is 1. The summed E-state index contributed by atoms with van der Waals surface area (Å²) in [6, 6.07) is 16.9. The molecular formula is C19H19N2OS+. The Bertz CT molecular complexity index is 790. The molecule has 0 amide bonds. The quantitative estimate of drug-likeness (QED) is 0.799. The van der Waals surface area contributed by atoms with E-state index >= 15 is 0 Å². The molecule has 2 aromatic heterocycles. The van der Waals surface area contributed by atoms with Crippen LogP contribution in [0.25, 0.3) is 16.2 Å². The number of aromatic nitrogens is 1. The Morgan fingerprint density at radius 3 is 2.78 bits per heavy atom. The van der Waals surface area contributed by atoms with Crippen LogP contribution < -0.4 is 4.90 Å². The molecule has 3 nitrogen and oxygen atoms in total. The largest absolute Gasteiger partial charge is 0.355 e. The summed E-state index contributed by atoms with van der Waals surface area (Å²) in [7, 11) is 0. The van der Waals surface area contributed by atoms with Crippen LogP contribution in [-0.2, 0) is 6.54 Å². The second kappa shape index (κ2) is 6.52. The number of benzene rings is 1. The number of nitrogens with one attached hydrogen (secondary N) is 1. The van der Waals surface area contributed by atoms with Gasteiger partial charge in [-0.2, -0.15) is 0 Å². The highest BCUT2D eigenvalue weighted by atomic mass is 32.1. The van der Waals surface area contributed by atoms with E-state index in [-0.39, 0.29) is 0 Å². The van der Waals surface area contributed by atoms with Crippen molar-refractivity contribution >= 4 is 16.9 Å². The molecule has 1 aliphatic heterocycles. The molecular weight excluding hydrogens is 304 g/mol. The number of nitrogens with zero attached hydrogens (tertiary/aromatic N) is 1. The van der Waals surface area contributed by atoms with Crippen molar-refractivity contribution in [3.63, 3.8) is 0 Å². The number of hydrogen-bond acceptors (Lipinski definition) is 3. The van der Waals surface area contributed by atoms with Crippen LogP contribution in [0.4, 0.5) is 0 Å². The first-order chi connectivity index (χ1) is 11.4. The molecule has 0 saturated heterocycles. The minimum absolute atomic E-state index is 0.881. The smallest absolute Gasteiger partial charge is 0.177 e. The summed E-state index contributed by atoms with van der Waals surface area (Å²) in [6.45, 7) is 3.11. The van der Waals surface area contributed by atoms with E-state index < -0.39 is 0 Å². The van der Waals surface area contributed by atoms with Crippen LogP contribution in [0.3, 0.4) is 0 Å². The lowest BCUT2D eigenvalue weighted by Gasteiger charge is -2.22. The van der Waals surface area contributed by atoms with Gasteiger partial charge >= 0.3 is 0 Å². The monoisotopic (exact) mass is 323 g/mol. The molecule has 1 aliphatic rings. The lowest BCUT2D eigenvalue weighted by atomic mass is 9.99. The third-order valence-electron chi connectivity index (χ3n) is 4.28. The molecule has 1 aromatic carbocycles. The molecule has 1 unspecified atom stereocenters. The maximum absolute atomic E-state index is 5.47. The predicted octanol–water partition coefficient (Wildman–Crippen LogP) is 3.28. The van der Waals surface area contributed by atoms with Crippen LogP contribution in [-0.4, -0.2) is 18.2 Å². The third kappa shape index (κ3) is 3.28. The Morgan fingerprint density at radius 2 is 2.04 bits per heavy atom. The molecule has 1 N–H and O–H groups in total. The van der Waals surface area contributed by atoms with Gasteiger partial charge in [-0.05, 0) is 28.7 Å². The van der Waals surface area contributed by atoms with Crippen molar-refractivity contribution in [3.8, 4) is 10.6 Å². The molecule has 0 spiro atoms. The fourth-order valence-electron chi connectivity index (χ4n) is 3.04. The SMILES string of the molecule is C1=C(c2ccccc2)CC[NH+](Cc2cc(-c3cccs3)on2)C1. The lowest BCUT2D eigenvalue weighted by molar-refractivity contribution is -0.909. The van der Waals surface area contributed by atoms with Crippen molar-refractivity contribution in [2.45, 2.75) is 13.0 Å². The van der Waals surface area contributed by atoms with Gasteiger partial charge < -0.3 is 9.42 Å². The molecule has 0 bridgehead atoms. The summed E-state index contributed by atoms with van der Waals surface area (Å²) in [5.41, 5.74) is 3.86. The average molecular weight is 323 g/mol. The highest BCUT2D eigenvalue weighted by molar-refractivity contribution is 7.13. The Labute approximate surface area is 139 Å². The molecule has 116 valence electrons. The van der Waals surface area contributed by atoms with Crippen LogP contribution in [0.15, 0.2) is 64.5 Å². The molecule has 4 heteroatoms. The highest BCUT2D eigenvalue weighted by Gasteiger charge is 2.18. The van der Waals surface area contributed by atoms with Crippen molar-refractivity contribution in [2.75, 3.05) is 13.1 Å². The Hall–Kier alpha value is -2.17. The van der Waals surface area contributed by atoms with Crippen LogP contribution in [0.2, 0.25) is 0 Å². The van der Waals surface area contributed by atoms with Crippen molar-refractivity contribution in [1.82, 2.24) is 5.16 Å². The van der Waals surface area contributed by atoms with Gasteiger partial charge in [0.25, 0.3) is 0 Å². The van der Waals surface area contributed by atoms with E-state index in [4.69, 9.17) is 4.52 Å². The van der Waals surface area contributed by atoms with E-state index in [1.807, 2.05) is 6.07 Å². The normalized spacial score (nSPS) is 17.9. The molecule has 3 aromatic rings.